The van der Waals surface area contributed by atoms with E-state index in [9.17, 15) is 9.90 Å². The number of carbonyl (C=O) groups excluding carboxylic acids is 1. The molecule has 0 unspecified atom stereocenters. The Labute approximate surface area is 107 Å². The highest BCUT2D eigenvalue weighted by atomic mass is 16.3. The second-order valence-corrected chi connectivity index (χ2v) is 4.66. The lowest BCUT2D eigenvalue weighted by molar-refractivity contribution is -0.125. The number of hydrogen-bond acceptors (Lipinski definition) is 2. The molecule has 94 valence electrons. The van der Waals surface area contributed by atoms with E-state index in [1.54, 1.807) is 6.92 Å². The molecule has 2 aromatic carbocycles. The molecular weight excluding hydrogens is 224 g/mol. The van der Waals surface area contributed by atoms with Gasteiger partial charge in [0.05, 0.1) is 6.10 Å². The van der Waals surface area contributed by atoms with Gasteiger partial charge in [0.2, 0.25) is 0 Å². The number of aliphatic hydroxyl groups excluding tert-OH is 1. The van der Waals surface area contributed by atoms with Crippen molar-refractivity contribution in [1.29, 1.82) is 0 Å². The van der Waals surface area contributed by atoms with Crippen molar-refractivity contribution in [2.75, 3.05) is 0 Å². The summed E-state index contributed by atoms with van der Waals surface area (Å²) in [6.07, 6.45) is -0.256. The Morgan fingerprint density at radius 2 is 1.83 bits per heavy atom. The summed E-state index contributed by atoms with van der Waals surface area (Å²) in [6, 6.07) is 13.8. The predicted molar refractivity (Wildman–Crippen MR) is 73.4 cm³/mol. The van der Waals surface area contributed by atoms with Crippen LogP contribution in [0.2, 0.25) is 0 Å². The molecule has 2 atom stereocenters. The van der Waals surface area contributed by atoms with Crippen LogP contribution in [0.1, 0.15) is 31.9 Å². The van der Waals surface area contributed by atoms with Crippen LogP contribution in [0.25, 0.3) is 10.8 Å². The number of aliphatic hydroxyl groups is 1. The van der Waals surface area contributed by atoms with Gasteiger partial charge in [0.15, 0.2) is 0 Å². The summed E-state index contributed by atoms with van der Waals surface area (Å²) >= 11 is 0. The van der Waals surface area contributed by atoms with Gasteiger partial charge in [-0.05, 0) is 22.4 Å². The SMILES string of the molecule is CCC(=O)[C@@H](C)[C@H](O)c1ccc2ccccc2c1. The van der Waals surface area contributed by atoms with Gasteiger partial charge < -0.3 is 5.11 Å². The molecule has 0 saturated heterocycles. The van der Waals surface area contributed by atoms with Crippen molar-refractivity contribution in [2.45, 2.75) is 26.4 Å². The highest BCUT2D eigenvalue weighted by Crippen LogP contribution is 2.26. The van der Waals surface area contributed by atoms with Crippen molar-refractivity contribution in [3.63, 3.8) is 0 Å². The Balaban J connectivity index is 2.33. The minimum atomic E-state index is -0.720. The third kappa shape index (κ3) is 2.44. The van der Waals surface area contributed by atoms with Crippen molar-refractivity contribution in [2.24, 2.45) is 5.92 Å². The number of carbonyl (C=O) groups is 1. The topological polar surface area (TPSA) is 37.3 Å². The number of Topliss-reactive ketones (excluding diaryl/α,β-unsaturated/α-hetero) is 1. The average molecular weight is 242 g/mol. The van der Waals surface area contributed by atoms with Crippen LogP contribution >= 0.6 is 0 Å². The molecule has 18 heavy (non-hydrogen) atoms. The monoisotopic (exact) mass is 242 g/mol. The zero-order valence-corrected chi connectivity index (χ0v) is 10.8. The van der Waals surface area contributed by atoms with Crippen LogP contribution in [0.15, 0.2) is 42.5 Å². The molecule has 2 heteroatoms. The van der Waals surface area contributed by atoms with Crippen LogP contribution in [0.4, 0.5) is 0 Å². The zero-order chi connectivity index (χ0) is 13.1. The highest BCUT2D eigenvalue weighted by molar-refractivity contribution is 5.84. The number of benzene rings is 2. The lowest BCUT2D eigenvalue weighted by atomic mass is 9.91. The summed E-state index contributed by atoms with van der Waals surface area (Å²) in [7, 11) is 0. The fourth-order valence-corrected chi connectivity index (χ4v) is 2.18. The molecular formula is C16H18O2. The van der Waals surface area contributed by atoms with Gasteiger partial charge in [-0.15, -0.1) is 0 Å². The molecule has 0 saturated carbocycles. The number of fused-ring (bicyclic) bond motifs is 1. The van der Waals surface area contributed by atoms with Crippen LogP contribution in [-0.4, -0.2) is 10.9 Å². The molecule has 0 aromatic heterocycles. The third-order valence-electron chi connectivity index (χ3n) is 3.44. The Hall–Kier alpha value is -1.67. The first-order chi connectivity index (χ1) is 8.63. The first-order valence-corrected chi connectivity index (χ1v) is 6.33. The lowest BCUT2D eigenvalue weighted by Gasteiger charge is -2.18. The van der Waals surface area contributed by atoms with Crippen molar-refractivity contribution in [3.05, 3.63) is 48.0 Å². The molecule has 0 amide bonds. The molecule has 2 nitrogen and oxygen atoms in total. The van der Waals surface area contributed by atoms with E-state index in [1.807, 2.05) is 49.4 Å². The van der Waals surface area contributed by atoms with Gasteiger partial charge >= 0.3 is 0 Å². The molecule has 0 bridgehead atoms. The van der Waals surface area contributed by atoms with Crippen molar-refractivity contribution in [1.82, 2.24) is 0 Å². The fraction of sp³-hybridized carbons (Fsp3) is 0.312. The van der Waals surface area contributed by atoms with Gasteiger partial charge in [0, 0.05) is 12.3 Å². The van der Waals surface area contributed by atoms with Crippen LogP contribution in [0.3, 0.4) is 0 Å². The van der Waals surface area contributed by atoms with Crippen molar-refractivity contribution in [3.8, 4) is 0 Å². The summed E-state index contributed by atoms with van der Waals surface area (Å²) in [5, 5.41) is 12.5. The van der Waals surface area contributed by atoms with Gasteiger partial charge in [-0.25, -0.2) is 0 Å². The first-order valence-electron chi connectivity index (χ1n) is 6.33. The maximum absolute atomic E-state index is 11.6. The Kier molecular flexibility index (Phi) is 3.78. The average Bonchev–Trinajstić information content (AvgIpc) is 2.44. The number of rotatable bonds is 4. The van der Waals surface area contributed by atoms with Gasteiger partial charge in [0.1, 0.15) is 5.78 Å². The first kappa shape index (κ1) is 12.8. The summed E-state index contributed by atoms with van der Waals surface area (Å²) < 4.78 is 0. The molecule has 2 aromatic rings. The van der Waals surface area contributed by atoms with E-state index >= 15 is 0 Å². The molecule has 0 aliphatic heterocycles. The fourth-order valence-electron chi connectivity index (χ4n) is 2.18. The van der Waals surface area contributed by atoms with E-state index in [-0.39, 0.29) is 11.7 Å². The Bertz CT molecular complexity index is 560. The molecule has 0 aliphatic carbocycles. The summed E-state index contributed by atoms with van der Waals surface area (Å²) in [5.41, 5.74) is 0.808. The van der Waals surface area contributed by atoms with E-state index in [4.69, 9.17) is 0 Å². The van der Waals surface area contributed by atoms with E-state index in [1.165, 1.54) is 0 Å². The molecule has 0 aliphatic rings. The lowest BCUT2D eigenvalue weighted by Crippen LogP contribution is -2.18. The Morgan fingerprint density at radius 1 is 1.17 bits per heavy atom. The number of ketones is 1. The predicted octanol–water partition coefficient (Wildman–Crippen LogP) is 3.49. The summed E-state index contributed by atoms with van der Waals surface area (Å²) in [6.45, 7) is 3.61. The Morgan fingerprint density at radius 3 is 2.50 bits per heavy atom. The van der Waals surface area contributed by atoms with Crippen molar-refractivity contribution >= 4 is 16.6 Å². The second kappa shape index (κ2) is 5.32. The van der Waals surface area contributed by atoms with Crippen LogP contribution in [0.5, 0.6) is 0 Å². The maximum atomic E-state index is 11.6. The molecule has 1 N–H and O–H groups in total. The summed E-state index contributed by atoms with van der Waals surface area (Å²) in [5.74, 6) is -0.258. The van der Waals surface area contributed by atoms with E-state index in [0.29, 0.717) is 6.42 Å². The maximum Gasteiger partial charge on any atom is 0.138 e. The number of hydrogen-bond donors (Lipinski definition) is 1. The molecule has 0 radical (unpaired) electrons. The largest absolute Gasteiger partial charge is 0.388 e. The molecule has 0 spiro atoms. The summed E-state index contributed by atoms with van der Waals surface area (Å²) in [4.78, 5) is 11.6. The third-order valence-corrected chi connectivity index (χ3v) is 3.44. The second-order valence-electron chi connectivity index (χ2n) is 4.66. The van der Waals surface area contributed by atoms with E-state index in [0.717, 1.165) is 16.3 Å². The minimum absolute atomic E-state index is 0.0932. The smallest absolute Gasteiger partial charge is 0.138 e. The molecule has 0 heterocycles. The zero-order valence-electron chi connectivity index (χ0n) is 10.8. The van der Waals surface area contributed by atoms with Crippen molar-refractivity contribution < 1.29 is 9.90 Å². The molecule has 0 fully saturated rings. The van der Waals surface area contributed by atoms with Crippen LogP contribution in [0, 0.1) is 5.92 Å². The van der Waals surface area contributed by atoms with Crippen LogP contribution < -0.4 is 0 Å². The van der Waals surface area contributed by atoms with Gasteiger partial charge in [-0.2, -0.15) is 0 Å². The van der Waals surface area contributed by atoms with E-state index in [2.05, 4.69) is 0 Å². The van der Waals surface area contributed by atoms with Crippen LogP contribution in [-0.2, 0) is 4.79 Å². The quantitative estimate of drug-likeness (QED) is 0.891. The standard InChI is InChI=1S/C16H18O2/c1-3-15(17)11(2)16(18)14-9-8-12-6-4-5-7-13(12)10-14/h4-11,16,18H,3H2,1-2H3/t11-,16+/m1/s1. The van der Waals surface area contributed by atoms with Gasteiger partial charge in [-0.1, -0.05) is 50.2 Å². The van der Waals surface area contributed by atoms with E-state index < -0.39 is 6.10 Å². The van der Waals surface area contributed by atoms with Gasteiger partial charge in [-0.3, -0.25) is 4.79 Å². The molecule has 2 rings (SSSR count). The minimum Gasteiger partial charge on any atom is -0.388 e. The van der Waals surface area contributed by atoms with Gasteiger partial charge in [0.25, 0.3) is 0 Å². The normalized spacial score (nSPS) is 14.4. The highest BCUT2D eigenvalue weighted by Gasteiger charge is 2.21.